The Labute approximate surface area is 194 Å². The van der Waals surface area contributed by atoms with Gasteiger partial charge in [0, 0.05) is 18.2 Å². The lowest BCUT2D eigenvalue weighted by Gasteiger charge is -2.09. The zero-order valence-corrected chi connectivity index (χ0v) is 18.9. The Hall–Kier alpha value is -3.89. The van der Waals surface area contributed by atoms with E-state index >= 15 is 0 Å². The number of fused-ring (bicyclic) bond motifs is 1. The fraction of sp³-hybridized carbons (Fsp3) is 0.192. The maximum Gasteiger partial charge on any atom is 0.336 e. The zero-order chi connectivity index (χ0) is 23.4. The molecule has 0 radical (unpaired) electrons. The van der Waals surface area contributed by atoms with Crippen molar-refractivity contribution in [3.8, 4) is 11.8 Å². The summed E-state index contributed by atoms with van der Waals surface area (Å²) < 4.78 is 2.51. The molecule has 33 heavy (non-hydrogen) atoms. The second-order valence-corrected chi connectivity index (χ2v) is 8.70. The number of aromatic carboxylic acids is 1. The van der Waals surface area contributed by atoms with Gasteiger partial charge in [0.25, 0.3) is 5.56 Å². The molecule has 0 aliphatic rings. The van der Waals surface area contributed by atoms with Crippen molar-refractivity contribution in [2.45, 2.75) is 32.7 Å². The second-order valence-electron chi connectivity index (χ2n) is 7.67. The Bertz CT molecular complexity index is 1500. The first-order chi connectivity index (χ1) is 16.0. The van der Waals surface area contributed by atoms with Gasteiger partial charge >= 0.3 is 11.7 Å². The van der Waals surface area contributed by atoms with E-state index < -0.39 is 17.2 Å². The summed E-state index contributed by atoms with van der Waals surface area (Å²) >= 11 is 1.31. The lowest BCUT2D eigenvalue weighted by Crippen LogP contribution is -2.38. The maximum absolute atomic E-state index is 13.1. The third-order valence-corrected chi connectivity index (χ3v) is 6.52. The molecule has 4 aromatic rings. The third kappa shape index (κ3) is 4.81. The van der Waals surface area contributed by atoms with Gasteiger partial charge in [-0.3, -0.25) is 13.8 Å². The highest BCUT2D eigenvalue weighted by Gasteiger charge is 2.16. The van der Waals surface area contributed by atoms with Crippen LogP contribution >= 0.6 is 11.3 Å². The Balaban J connectivity index is 1.60. The number of hydrogen-bond acceptors (Lipinski definition) is 4. The number of thiazole rings is 1. The first-order valence-electron chi connectivity index (χ1n) is 10.6. The van der Waals surface area contributed by atoms with Gasteiger partial charge < -0.3 is 5.11 Å². The normalized spacial score (nSPS) is 10.7. The number of nitrogens with zero attached hydrogens (tertiary/aromatic N) is 2. The largest absolute Gasteiger partial charge is 0.478 e. The highest BCUT2D eigenvalue weighted by molar-refractivity contribution is 7.18. The van der Waals surface area contributed by atoms with Gasteiger partial charge in [0.1, 0.15) is 4.83 Å². The zero-order valence-electron chi connectivity index (χ0n) is 18.1. The smallest absolute Gasteiger partial charge is 0.336 e. The van der Waals surface area contributed by atoms with Gasteiger partial charge in [0.05, 0.1) is 17.0 Å². The summed E-state index contributed by atoms with van der Waals surface area (Å²) in [6.07, 6.45) is 4.28. The number of hydrogen-bond donors (Lipinski definition) is 1. The predicted molar refractivity (Wildman–Crippen MR) is 129 cm³/mol. The van der Waals surface area contributed by atoms with Gasteiger partial charge in [0.2, 0.25) is 0 Å². The minimum Gasteiger partial charge on any atom is -0.478 e. The number of carboxylic acids is 1. The highest BCUT2D eigenvalue weighted by atomic mass is 32.1. The molecule has 166 valence electrons. The molecule has 0 spiro atoms. The second kappa shape index (κ2) is 9.72. The summed E-state index contributed by atoms with van der Waals surface area (Å²) in [5, 5.41) is 9.41. The minimum absolute atomic E-state index is 0.0685. The number of aromatic nitrogens is 2. The van der Waals surface area contributed by atoms with E-state index in [4.69, 9.17) is 0 Å². The van der Waals surface area contributed by atoms with Crippen molar-refractivity contribution >= 4 is 22.1 Å². The Kier molecular flexibility index (Phi) is 6.57. The van der Waals surface area contributed by atoms with Crippen LogP contribution in [0.15, 0.2) is 70.4 Å². The van der Waals surface area contributed by atoms with Gasteiger partial charge in [-0.2, -0.15) is 0 Å². The molecule has 1 N–H and O–H groups in total. The maximum atomic E-state index is 13.1. The van der Waals surface area contributed by atoms with Crippen LogP contribution in [-0.2, 0) is 13.0 Å². The Morgan fingerprint density at radius 2 is 1.79 bits per heavy atom. The fourth-order valence-electron chi connectivity index (χ4n) is 3.68. The Morgan fingerprint density at radius 3 is 2.55 bits per heavy atom. The third-order valence-electron chi connectivity index (χ3n) is 5.39. The predicted octanol–water partition coefficient (Wildman–Crippen LogP) is 3.95. The summed E-state index contributed by atoms with van der Waals surface area (Å²) in [6.45, 7) is 1.56. The molecular weight excluding hydrogens is 436 g/mol. The topological polar surface area (TPSA) is 80.8 Å². The quantitative estimate of drug-likeness (QED) is 0.350. The number of benzene rings is 2. The first kappa shape index (κ1) is 22.3. The van der Waals surface area contributed by atoms with E-state index in [9.17, 15) is 19.5 Å². The molecule has 2 aromatic heterocycles. The van der Waals surface area contributed by atoms with Gasteiger partial charge in [-0.15, -0.1) is 11.3 Å². The van der Waals surface area contributed by atoms with Crippen molar-refractivity contribution in [2.24, 2.45) is 0 Å². The van der Waals surface area contributed by atoms with Crippen molar-refractivity contribution < 1.29 is 9.90 Å². The standard InChI is InChI=1S/C26H22N2O4S/c1-18-23(29)27(16-20-13-8-9-15-22(20)25(30)31)26(32)28-17-21(33-24(18)28)14-7-3-6-12-19-10-4-2-5-11-19/h2,4-5,8-11,13,15,17H,3,6,12,16H2,1H3,(H,30,31). The van der Waals surface area contributed by atoms with Crippen molar-refractivity contribution in [2.75, 3.05) is 0 Å². The van der Waals surface area contributed by atoms with Crippen LogP contribution in [0, 0.1) is 18.8 Å². The molecule has 0 fully saturated rings. The van der Waals surface area contributed by atoms with Gasteiger partial charge in [-0.05, 0) is 37.0 Å². The molecule has 0 bridgehead atoms. The fourth-order valence-corrected chi connectivity index (χ4v) is 4.63. The molecule has 0 aliphatic heterocycles. The van der Waals surface area contributed by atoms with Gasteiger partial charge in [-0.1, -0.05) is 60.4 Å². The van der Waals surface area contributed by atoms with E-state index in [1.54, 1.807) is 31.3 Å². The molecule has 0 amide bonds. The number of rotatable bonds is 6. The van der Waals surface area contributed by atoms with Crippen LogP contribution < -0.4 is 11.2 Å². The van der Waals surface area contributed by atoms with Crippen molar-refractivity contribution in [3.05, 3.63) is 109 Å². The molecule has 0 unspecified atom stereocenters. The van der Waals surface area contributed by atoms with Crippen LogP contribution in [0.3, 0.4) is 0 Å². The van der Waals surface area contributed by atoms with E-state index in [0.717, 1.165) is 23.8 Å². The van der Waals surface area contributed by atoms with Crippen molar-refractivity contribution in [1.29, 1.82) is 0 Å². The number of carboxylic acid groups (broad SMARTS) is 1. The van der Waals surface area contributed by atoms with E-state index in [0.29, 0.717) is 20.8 Å². The van der Waals surface area contributed by atoms with E-state index in [1.165, 1.54) is 27.4 Å². The Morgan fingerprint density at radius 1 is 1.06 bits per heavy atom. The molecule has 0 saturated carbocycles. The van der Waals surface area contributed by atoms with E-state index in [2.05, 4.69) is 24.0 Å². The average molecular weight is 459 g/mol. The van der Waals surface area contributed by atoms with Crippen LogP contribution in [0.4, 0.5) is 0 Å². The van der Waals surface area contributed by atoms with Crippen molar-refractivity contribution in [3.63, 3.8) is 0 Å². The molecule has 0 atom stereocenters. The minimum atomic E-state index is -1.10. The summed E-state index contributed by atoms with van der Waals surface area (Å²) in [5.41, 5.74) is 1.25. The number of aryl methyl sites for hydroxylation is 2. The molecule has 6 nitrogen and oxygen atoms in total. The van der Waals surface area contributed by atoms with Crippen LogP contribution in [0.25, 0.3) is 4.83 Å². The number of carbonyl (C=O) groups is 1. The van der Waals surface area contributed by atoms with Crippen LogP contribution in [0.1, 0.15) is 44.8 Å². The molecule has 2 heterocycles. The summed E-state index contributed by atoms with van der Waals surface area (Å²) in [4.78, 5) is 38.7. The van der Waals surface area contributed by atoms with Crippen molar-refractivity contribution in [1.82, 2.24) is 8.97 Å². The van der Waals surface area contributed by atoms with Gasteiger partial charge in [0.15, 0.2) is 0 Å². The molecule has 4 rings (SSSR count). The monoisotopic (exact) mass is 458 g/mol. The van der Waals surface area contributed by atoms with E-state index in [-0.39, 0.29) is 12.1 Å². The summed E-state index contributed by atoms with van der Waals surface area (Å²) in [6, 6.07) is 16.6. The molecule has 2 aromatic carbocycles. The lowest BCUT2D eigenvalue weighted by molar-refractivity contribution is 0.0695. The van der Waals surface area contributed by atoms with Gasteiger partial charge in [-0.25, -0.2) is 9.59 Å². The summed E-state index contributed by atoms with van der Waals surface area (Å²) in [7, 11) is 0. The SMILES string of the molecule is Cc1c(=O)n(Cc2ccccc2C(=O)O)c(=O)n2cc(C#CCCCc3ccccc3)sc12. The average Bonchev–Trinajstić information content (AvgIpc) is 3.25. The van der Waals surface area contributed by atoms with Crippen LogP contribution in [-0.4, -0.2) is 20.0 Å². The highest BCUT2D eigenvalue weighted by Crippen LogP contribution is 2.18. The van der Waals surface area contributed by atoms with Crippen LogP contribution in [0.2, 0.25) is 0 Å². The van der Waals surface area contributed by atoms with Crippen LogP contribution in [0.5, 0.6) is 0 Å². The summed E-state index contributed by atoms with van der Waals surface area (Å²) in [5.74, 6) is 5.16. The molecule has 0 saturated heterocycles. The number of unbranched alkanes of at least 4 members (excludes halogenated alkanes) is 1. The molecular formula is C26H22N2O4S. The lowest BCUT2D eigenvalue weighted by atomic mass is 10.1. The first-order valence-corrected chi connectivity index (χ1v) is 11.4. The molecule has 7 heteroatoms. The van der Waals surface area contributed by atoms with E-state index in [1.807, 2.05) is 18.2 Å². The molecule has 0 aliphatic carbocycles.